The first-order valence-electron chi connectivity index (χ1n) is 6.83. The Hall–Kier alpha value is 0.531. The van der Waals surface area contributed by atoms with Crippen molar-refractivity contribution < 1.29 is 8.85 Å². The third-order valence-corrected chi connectivity index (χ3v) is 11.1. The highest BCUT2D eigenvalue weighted by atomic mass is 28.4. The fraction of sp³-hybridized carbons (Fsp3) is 1.00. The van der Waals surface area contributed by atoms with Crippen LogP contribution in [0.2, 0.25) is 39.3 Å². The molecule has 0 spiro atoms. The monoisotopic (exact) mass is 305 g/mol. The lowest BCUT2D eigenvalue weighted by Crippen LogP contribution is -2.63. The first-order valence-corrected chi connectivity index (χ1v) is 14.5. The summed E-state index contributed by atoms with van der Waals surface area (Å²) in [7, 11) is -0.655. The Labute approximate surface area is 118 Å². The topological polar surface area (TPSA) is 21.7 Å². The van der Waals surface area contributed by atoms with Gasteiger partial charge in [0, 0.05) is 13.7 Å². The summed E-state index contributed by atoms with van der Waals surface area (Å²) in [5.74, 6) is 0. The Morgan fingerprint density at radius 1 is 1.06 bits per heavy atom. The van der Waals surface area contributed by atoms with Crippen molar-refractivity contribution in [3.63, 3.8) is 0 Å². The van der Waals surface area contributed by atoms with Crippen molar-refractivity contribution in [2.45, 2.75) is 65.1 Å². The third-order valence-electron chi connectivity index (χ3n) is 2.98. The molecular weight excluding hydrogens is 274 g/mol. The molecule has 6 heteroatoms. The summed E-state index contributed by atoms with van der Waals surface area (Å²) < 4.78 is 13.4. The molecule has 0 bridgehead atoms. The molecular formula is C12H31NO2Si3. The van der Waals surface area contributed by atoms with E-state index in [9.17, 15) is 0 Å². The van der Waals surface area contributed by atoms with Gasteiger partial charge in [0.2, 0.25) is 0 Å². The summed E-state index contributed by atoms with van der Waals surface area (Å²) in [6, 6.07) is 0.671. The molecule has 2 radical (unpaired) electrons. The van der Waals surface area contributed by atoms with Gasteiger partial charge in [0.05, 0.1) is 0 Å². The zero-order chi connectivity index (χ0) is 14.4. The maximum Gasteiger partial charge on any atom is 0.433 e. The van der Waals surface area contributed by atoms with Crippen molar-refractivity contribution >= 4 is 26.5 Å². The Bertz CT molecular complexity index is 212. The Balaban J connectivity index is 4.64. The van der Waals surface area contributed by atoms with E-state index in [1.807, 2.05) is 0 Å². The maximum atomic E-state index is 5.50. The van der Waals surface area contributed by atoms with Gasteiger partial charge < -0.3 is 13.1 Å². The fourth-order valence-corrected chi connectivity index (χ4v) is 14.1. The molecule has 0 aliphatic heterocycles. The zero-order valence-electron chi connectivity index (χ0n) is 13.5. The van der Waals surface area contributed by atoms with Crippen LogP contribution in [-0.2, 0) is 8.85 Å². The molecule has 0 aromatic rings. The lowest BCUT2D eigenvalue weighted by Gasteiger charge is -2.48. The van der Waals surface area contributed by atoms with Gasteiger partial charge in [-0.25, -0.2) is 0 Å². The minimum atomic E-state index is -1.26. The van der Waals surface area contributed by atoms with E-state index in [-0.39, 0.29) is 10.0 Å². The number of nitrogens with zero attached hydrogens (tertiary/aromatic N) is 1. The second-order valence-corrected chi connectivity index (χ2v) is 17.7. The van der Waals surface area contributed by atoms with Gasteiger partial charge in [-0.2, -0.15) is 0 Å². The highest BCUT2D eigenvalue weighted by Crippen LogP contribution is 2.26. The Morgan fingerprint density at radius 3 is 1.89 bits per heavy atom. The van der Waals surface area contributed by atoms with Crippen LogP contribution in [0.1, 0.15) is 19.8 Å². The summed E-state index contributed by atoms with van der Waals surface area (Å²) in [5, 5.41) is 0. The second kappa shape index (κ2) is 7.96. The van der Waals surface area contributed by atoms with E-state index in [4.69, 9.17) is 8.85 Å². The maximum absolute atomic E-state index is 5.50. The van der Waals surface area contributed by atoms with Crippen molar-refractivity contribution in [2.24, 2.45) is 0 Å². The second-order valence-electron chi connectivity index (χ2n) is 6.70. The molecule has 18 heavy (non-hydrogen) atoms. The standard InChI is InChI=1S/C12H31NO2Si3/c1-9-12(10-11-15-16-14-2)13(17(3,4)5)18(6,7)8/h12H,9-11H2,1-8H3. The lowest BCUT2D eigenvalue weighted by molar-refractivity contribution is 0.229. The van der Waals surface area contributed by atoms with E-state index in [0.29, 0.717) is 6.04 Å². The summed E-state index contributed by atoms with van der Waals surface area (Å²) >= 11 is 0. The molecule has 0 N–H and O–H groups in total. The van der Waals surface area contributed by atoms with Crippen LogP contribution in [-0.4, -0.2) is 50.5 Å². The van der Waals surface area contributed by atoms with Crippen LogP contribution in [0.15, 0.2) is 0 Å². The predicted molar refractivity (Wildman–Crippen MR) is 85.9 cm³/mol. The molecule has 0 aromatic heterocycles. The molecule has 0 amide bonds. The summed E-state index contributed by atoms with van der Waals surface area (Å²) in [6.45, 7) is 17.9. The molecule has 0 rings (SSSR count). The quantitative estimate of drug-likeness (QED) is 0.482. The highest BCUT2D eigenvalue weighted by Gasteiger charge is 2.38. The predicted octanol–water partition coefficient (Wildman–Crippen LogP) is 3.32. The van der Waals surface area contributed by atoms with E-state index in [1.165, 1.54) is 6.42 Å². The van der Waals surface area contributed by atoms with Gasteiger partial charge in [0.1, 0.15) is 16.5 Å². The van der Waals surface area contributed by atoms with E-state index in [1.54, 1.807) is 7.11 Å². The van der Waals surface area contributed by atoms with Crippen molar-refractivity contribution in [1.82, 2.24) is 4.23 Å². The molecule has 1 atom stereocenters. The van der Waals surface area contributed by atoms with Crippen molar-refractivity contribution in [2.75, 3.05) is 13.7 Å². The molecule has 0 aliphatic rings. The number of rotatable bonds is 9. The molecule has 0 aromatic carbocycles. The molecule has 108 valence electrons. The third kappa shape index (κ3) is 6.63. The number of hydrogen-bond acceptors (Lipinski definition) is 3. The van der Waals surface area contributed by atoms with Crippen LogP contribution in [0, 0.1) is 0 Å². The van der Waals surface area contributed by atoms with E-state index in [0.717, 1.165) is 13.0 Å². The molecule has 0 saturated heterocycles. The Kier molecular flexibility index (Phi) is 8.20. The van der Waals surface area contributed by atoms with E-state index >= 15 is 0 Å². The van der Waals surface area contributed by atoms with Crippen molar-refractivity contribution in [3.8, 4) is 0 Å². The van der Waals surface area contributed by atoms with Crippen molar-refractivity contribution in [1.29, 1.82) is 0 Å². The summed E-state index contributed by atoms with van der Waals surface area (Å²) in [4.78, 5) is 0. The van der Waals surface area contributed by atoms with Crippen molar-refractivity contribution in [3.05, 3.63) is 0 Å². The first-order chi connectivity index (χ1) is 8.14. The van der Waals surface area contributed by atoms with Crippen LogP contribution in [0.4, 0.5) is 0 Å². The normalized spacial score (nSPS) is 15.2. The number of hydrogen-bond donors (Lipinski definition) is 0. The smallest absolute Gasteiger partial charge is 0.396 e. The molecule has 0 aliphatic carbocycles. The van der Waals surface area contributed by atoms with E-state index in [2.05, 4.69) is 50.4 Å². The average Bonchev–Trinajstić information content (AvgIpc) is 2.18. The molecule has 1 unspecified atom stereocenters. The van der Waals surface area contributed by atoms with Gasteiger partial charge in [-0.15, -0.1) is 0 Å². The summed E-state index contributed by atoms with van der Waals surface area (Å²) in [5.41, 5.74) is 0. The molecule has 0 heterocycles. The van der Waals surface area contributed by atoms with Gasteiger partial charge >= 0.3 is 10.0 Å². The average molecular weight is 306 g/mol. The minimum Gasteiger partial charge on any atom is -0.396 e. The summed E-state index contributed by atoms with van der Waals surface area (Å²) in [6.07, 6.45) is 2.34. The van der Waals surface area contributed by atoms with Crippen LogP contribution in [0.3, 0.4) is 0 Å². The highest BCUT2D eigenvalue weighted by molar-refractivity contribution is 6.89. The van der Waals surface area contributed by atoms with Crippen LogP contribution in [0.5, 0.6) is 0 Å². The first kappa shape index (κ1) is 18.5. The van der Waals surface area contributed by atoms with Crippen LogP contribution in [0.25, 0.3) is 0 Å². The largest absolute Gasteiger partial charge is 0.433 e. The van der Waals surface area contributed by atoms with Crippen LogP contribution < -0.4 is 0 Å². The fourth-order valence-electron chi connectivity index (χ4n) is 2.91. The van der Waals surface area contributed by atoms with Gasteiger partial charge in [-0.3, -0.25) is 0 Å². The Morgan fingerprint density at radius 2 is 1.56 bits per heavy atom. The lowest BCUT2D eigenvalue weighted by atomic mass is 10.2. The SMILES string of the molecule is CCC(CCO[Si]OC)N([Si](C)(C)C)[Si](C)(C)C. The van der Waals surface area contributed by atoms with Gasteiger partial charge in [0.25, 0.3) is 0 Å². The minimum absolute atomic E-state index is 0.187. The van der Waals surface area contributed by atoms with Gasteiger partial charge in [-0.05, 0) is 18.9 Å². The molecule has 3 nitrogen and oxygen atoms in total. The zero-order valence-corrected chi connectivity index (χ0v) is 16.5. The van der Waals surface area contributed by atoms with Crippen LogP contribution >= 0.6 is 0 Å². The molecule has 0 fully saturated rings. The van der Waals surface area contributed by atoms with Gasteiger partial charge in [0.15, 0.2) is 0 Å². The molecule has 0 saturated carbocycles. The van der Waals surface area contributed by atoms with Gasteiger partial charge in [-0.1, -0.05) is 46.2 Å². The van der Waals surface area contributed by atoms with E-state index < -0.39 is 16.5 Å².